The van der Waals surface area contributed by atoms with Gasteiger partial charge in [0.1, 0.15) is 12.0 Å². The van der Waals surface area contributed by atoms with Gasteiger partial charge in [-0.25, -0.2) is 5.84 Å². The average Bonchev–Trinajstić information content (AvgIpc) is 3.03. The molecule has 2 heterocycles. The van der Waals surface area contributed by atoms with E-state index in [4.69, 9.17) is 21.1 Å². The number of nitrogens with zero attached hydrogens (tertiary/aromatic N) is 2. The number of ether oxygens (including phenoxy) is 2. The largest absolute Gasteiger partial charge is 0.480 e. The summed E-state index contributed by atoms with van der Waals surface area (Å²) < 4.78 is 11.3. The topological polar surface area (TPSA) is 146 Å². The van der Waals surface area contributed by atoms with Crippen molar-refractivity contribution in [1.82, 2.24) is 5.01 Å². The standard InChI is InChI=1S/C21H23N5O5/c22-14(11-31-19-8-4-3-7-18(19)26(28)29)10-25(23)15-9-21(13-30-12-15)16-5-1-2-6-17(16)24-20(21)27/h1-8,10,15H,9,11-13,22-23H2,(H,24,27)/b14-10-. The lowest BCUT2D eigenvalue weighted by Gasteiger charge is -2.39. The van der Waals surface area contributed by atoms with E-state index < -0.39 is 10.3 Å². The molecule has 2 aromatic carbocycles. The minimum absolute atomic E-state index is 0.0827. The summed E-state index contributed by atoms with van der Waals surface area (Å²) in [6.45, 7) is 0.531. The SMILES string of the molecule is N/C(=C\N(N)C1COCC2(C1)C(=O)Nc1ccccc12)COc1ccccc1[N+](=O)[O-]. The summed E-state index contributed by atoms with van der Waals surface area (Å²) in [5, 5.41) is 15.4. The Balaban J connectivity index is 1.45. The number of hydrazine groups is 1. The van der Waals surface area contributed by atoms with Crippen LogP contribution in [0.15, 0.2) is 60.4 Å². The van der Waals surface area contributed by atoms with Gasteiger partial charge in [-0.15, -0.1) is 0 Å². The molecule has 0 radical (unpaired) electrons. The van der Waals surface area contributed by atoms with Crippen LogP contribution in [0.5, 0.6) is 5.75 Å². The van der Waals surface area contributed by atoms with E-state index in [9.17, 15) is 14.9 Å². The van der Waals surface area contributed by atoms with E-state index in [1.165, 1.54) is 23.3 Å². The number of hydrogen-bond acceptors (Lipinski definition) is 8. The lowest BCUT2D eigenvalue weighted by molar-refractivity contribution is -0.385. The Labute approximate surface area is 178 Å². The van der Waals surface area contributed by atoms with Crippen molar-refractivity contribution in [3.05, 3.63) is 76.1 Å². The molecule has 0 bridgehead atoms. The second kappa shape index (κ2) is 8.25. The van der Waals surface area contributed by atoms with Crippen molar-refractivity contribution >= 4 is 17.3 Å². The molecule has 0 aliphatic carbocycles. The highest BCUT2D eigenvalue weighted by Gasteiger charge is 2.50. The number of anilines is 1. The fourth-order valence-electron chi connectivity index (χ4n) is 4.03. The van der Waals surface area contributed by atoms with Gasteiger partial charge in [-0.3, -0.25) is 14.9 Å². The first-order valence-corrected chi connectivity index (χ1v) is 9.75. The molecule has 1 saturated heterocycles. The molecule has 31 heavy (non-hydrogen) atoms. The Morgan fingerprint density at radius 2 is 2.06 bits per heavy atom. The van der Waals surface area contributed by atoms with Crippen molar-refractivity contribution in [2.75, 3.05) is 25.1 Å². The number of benzene rings is 2. The smallest absolute Gasteiger partial charge is 0.310 e. The van der Waals surface area contributed by atoms with Crippen molar-refractivity contribution in [3.63, 3.8) is 0 Å². The zero-order chi connectivity index (χ0) is 22.0. The summed E-state index contributed by atoms with van der Waals surface area (Å²) in [5.41, 5.74) is 7.04. The summed E-state index contributed by atoms with van der Waals surface area (Å²) in [5.74, 6) is 6.22. The van der Waals surface area contributed by atoms with Crippen LogP contribution in [0.1, 0.15) is 12.0 Å². The van der Waals surface area contributed by atoms with Gasteiger partial charge in [0.15, 0.2) is 5.75 Å². The lowest BCUT2D eigenvalue weighted by atomic mass is 9.75. The molecule has 2 unspecified atom stereocenters. The Bertz CT molecular complexity index is 1040. The number of amides is 1. The first-order chi connectivity index (χ1) is 14.9. The van der Waals surface area contributed by atoms with Gasteiger partial charge in [-0.05, 0) is 24.1 Å². The molecule has 4 rings (SSSR count). The Morgan fingerprint density at radius 3 is 2.87 bits per heavy atom. The van der Waals surface area contributed by atoms with Crippen molar-refractivity contribution < 1.29 is 19.2 Å². The Hall–Kier alpha value is -3.63. The fourth-order valence-corrected chi connectivity index (χ4v) is 4.03. The zero-order valence-electron chi connectivity index (χ0n) is 16.7. The molecule has 10 nitrogen and oxygen atoms in total. The first kappa shape index (κ1) is 20.6. The number of carbonyl (C=O) groups is 1. The molecule has 5 N–H and O–H groups in total. The molecule has 1 spiro atoms. The Kier molecular flexibility index (Phi) is 5.49. The third kappa shape index (κ3) is 3.90. The molecule has 1 fully saturated rings. The number of fused-ring (bicyclic) bond motifs is 2. The maximum atomic E-state index is 12.8. The molecule has 0 saturated carbocycles. The van der Waals surface area contributed by atoms with Crippen LogP contribution in [0.2, 0.25) is 0 Å². The number of nitro benzene ring substituents is 1. The molecule has 1 amide bonds. The van der Waals surface area contributed by atoms with Gasteiger partial charge in [0, 0.05) is 18.0 Å². The number of nitrogens with one attached hydrogen (secondary N) is 1. The summed E-state index contributed by atoms with van der Waals surface area (Å²) in [6.07, 6.45) is 1.96. The molecule has 0 aromatic heterocycles. The van der Waals surface area contributed by atoms with Crippen LogP contribution >= 0.6 is 0 Å². The predicted molar refractivity (Wildman–Crippen MR) is 113 cm³/mol. The zero-order valence-corrected chi connectivity index (χ0v) is 16.7. The van der Waals surface area contributed by atoms with Gasteiger partial charge < -0.3 is 25.5 Å². The Morgan fingerprint density at radius 1 is 1.32 bits per heavy atom. The molecule has 162 valence electrons. The fraction of sp³-hybridized carbons (Fsp3) is 0.286. The van der Waals surface area contributed by atoms with Crippen LogP contribution in [0.25, 0.3) is 0 Å². The van der Waals surface area contributed by atoms with E-state index in [1.807, 2.05) is 24.3 Å². The highest BCUT2D eigenvalue weighted by molar-refractivity contribution is 6.06. The van der Waals surface area contributed by atoms with Gasteiger partial charge in [0.05, 0.1) is 29.9 Å². The van der Waals surface area contributed by atoms with Gasteiger partial charge >= 0.3 is 5.69 Å². The van der Waals surface area contributed by atoms with Crippen LogP contribution in [-0.4, -0.2) is 41.7 Å². The highest BCUT2D eigenvalue weighted by atomic mass is 16.6. The number of rotatable bonds is 6. The molecule has 10 heteroatoms. The average molecular weight is 425 g/mol. The van der Waals surface area contributed by atoms with E-state index in [2.05, 4.69) is 5.32 Å². The number of carbonyl (C=O) groups excluding carboxylic acids is 1. The van der Waals surface area contributed by atoms with Crippen molar-refractivity contribution in [1.29, 1.82) is 0 Å². The van der Waals surface area contributed by atoms with E-state index in [1.54, 1.807) is 12.1 Å². The number of hydrogen-bond donors (Lipinski definition) is 3. The van der Waals surface area contributed by atoms with E-state index in [0.29, 0.717) is 13.0 Å². The molecule has 2 aliphatic rings. The van der Waals surface area contributed by atoms with Crippen LogP contribution in [0.3, 0.4) is 0 Å². The van der Waals surface area contributed by atoms with Crippen molar-refractivity contribution in [2.24, 2.45) is 11.6 Å². The van der Waals surface area contributed by atoms with E-state index >= 15 is 0 Å². The maximum Gasteiger partial charge on any atom is 0.310 e. The minimum Gasteiger partial charge on any atom is -0.480 e. The molecule has 2 aliphatic heterocycles. The molecule has 2 atom stereocenters. The highest BCUT2D eigenvalue weighted by Crippen LogP contribution is 2.43. The number of nitro groups is 1. The van der Waals surface area contributed by atoms with Crippen LogP contribution in [0, 0.1) is 10.1 Å². The third-order valence-electron chi connectivity index (χ3n) is 5.56. The van der Waals surface area contributed by atoms with Gasteiger partial charge in [-0.1, -0.05) is 30.3 Å². The van der Waals surface area contributed by atoms with Crippen molar-refractivity contribution in [3.8, 4) is 5.75 Å². The molecular formula is C21H23N5O5. The second-order valence-electron chi connectivity index (χ2n) is 7.62. The molecule has 2 aromatic rings. The normalized spacial score (nSPS) is 22.7. The summed E-state index contributed by atoms with van der Waals surface area (Å²) in [4.78, 5) is 23.4. The predicted octanol–water partition coefficient (Wildman–Crippen LogP) is 1.63. The van der Waals surface area contributed by atoms with Gasteiger partial charge in [-0.2, -0.15) is 0 Å². The van der Waals surface area contributed by atoms with Crippen molar-refractivity contribution in [2.45, 2.75) is 17.9 Å². The number of para-hydroxylation sites is 3. The van der Waals surface area contributed by atoms with Crippen LogP contribution in [0.4, 0.5) is 11.4 Å². The summed E-state index contributed by atoms with van der Waals surface area (Å²) in [6, 6.07) is 13.3. The third-order valence-corrected chi connectivity index (χ3v) is 5.56. The van der Waals surface area contributed by atoms with E-state index in [-0.39, 0.29) is 42.3 Å². The number of nitrogens with two attached hydrogens (primary N) is 2. The van der Waals surface area contributed by atoms with Gasteiger partial charge in [0.25, 0.3) is 0 Å². The van der Waals surface area contributed by atoms with E-state index in [0.717, 1.165) is 11.3 Å². The molecular weight excluding hydrogens is 402 g/mol. The second-order valence-corrected chi connectivity index (χ2v) is 7.62. The van der Waals surface area contributed by atoms with Gasteiger partial charge in [0.2, 0.25) is 5.91 Å². The van der Waals surface area contributed by atoms with Crippen LogP contribution in [-0.2, 0) is 14.9 Å². The summed E-state index contributed by atoms with van der Waals surface area (Å²) >= 11 is 0. The summed E-state index contributed by atoms with van der Waals surface area (Å²) in [7, 11) is 0. The van der Waals surface area contributed by atoms with Crippen LogP contribution < -0.4 is 21.6 Å². The first-order valence-electron chi connectivity index (χ1n) is 9.75. The quantitative estimate of drug-likeness (QED) is 0.360. The monoisotopic (exact) mass is 425 g/mol. The maximum absolute atomic E-state index is 12.8. The lowest BCUT2D eigenvalue weighted by Crippen LogP contribution is -2.53. The minimum atomic E-state index is -0.805.